The molecular weight excluding hydrogens is 528 g/mol. The Balaban J connectivity index is 1.99. The van der Waals surface area contributed by atoms with Crippen molar-refractivity contribution in [2.75, 3.05) is 26.4 Å². The van der Waals surface area contributed by atoms with Crippen molar-refractivity contribution in [3.63, 3.8) is 0 Å². The number of carboxylic acid groups (broad SMARTS) is 1. The van der Waals surface area contributed by atoms with E-state index in [1.165, 1.54) is 25.5 Å². The molecule has 224 valence electrons. The number of ether oxygens (including phenoxy) is 2. The number of fused-ring (bicyclic) bond motifs is 2. The monoisotopic (exact) mass is 568 g/mol. The fraction of sp³-hybridized carbons (Fsp3) is 0.714. The van der Waals surface area contributed by atoms with E-state index in [2.05, 4.69) is 0 Å². The number of aliphatic hydroxyl groups excluding tert-OH is 6. The number of carbonyl (C=O) groups excluding carboxylic acids is 1. The van der Waals surface area contributed by atoms with Crippen LogP contribution in [0.25, 0.3) is 0 Å². The van der Waals surface area contributed by atoms with Crippen LogP contribution in [-0.4, -0.2) is 92.6 Å². The number of carbonyl (C=O) groups is 2. The molecule has 12 nitrogen and oxygen atoms in total. The van der Waals surface area contributed by atoms with E-state index >= 15 is 0 Å². The molecule has 3 fully saturated rings. The largest absolute Gasteiger partial charge is 0.481 e. The lowest BCUT2D eigenvalue weighted by Gasteiger charge is -2.73. The second-order valence-corrected chi connectivity index (χ2v) is 11.6. The molecule has 0 radical (unpaired) electrons. The average Bonchev–Trinajstić information content (AvgIpc) is 3.59. The molecule has 1 spiro atoms. The molecule has 0 unspecified atom stereocenters. The molecule has 2 saturated carbocycles. The van der Waals surface area contributed by atoms with Crippen LogP contribution in [-0.2, 0) is 19.1 Å². The van der Waals surface area contributed by atoms with Gasteiger partial charge in [-0.1, -0.05) is 6.08 Å². The van der Waals surface area contributed by atoms with Gasteiger partial charge in [-0.3, -0.25) is 4.79 Å². The Hall–Kier alpha value is -2.32. The summed E-state index contributed by atoms with van der Waals surface area (Å²) in [5.74, 6) is -2.98. The number of aliphatic hydroxyl groups is 6. The van der Waals surface area contributed by atoms with E-state index in [1.807, 2.05) is 0 Å². The molecule has 4 rings (SSSR count). The van der Waals surface area contributed by atoms with Gasteiger partial charge in [0.1, 0.15) is 6.10 Å². The number of hydrogen-bond donors (Lipinski definition) is 7. The Morgan fingerprint density at radius 2 is 1.88 bits per heavy atom. The molecule has 1 aliphatic heterocycles. The van der Waals surface area contributed by atoms with Crippen LogP contribution in [0.2, 0.25) is 0 Å². The van der Waals surface area contributed by atoms with E-state index in [4.69, 9.17) is 13.9 Å². The predicted octanol–water partition coefficient (Wildman–Crippen LogP) is 0.501. The summed E-state index contributed by atoms with van der Waals surface area (Å²) in [6, 6.07) is 1.65. The van der Waals surface area contributed by atoms with Crippen molar-refractivity contribution < 1.29 is 59.2 Å². The van der Waals surface area contributed by atoms with E-state index in [1.54, 1.807) is 13.0 Å². The number of esters is 1. The summed E-state index contributed by atoms with van der Waals surface area (Å²) in [6.45, 7) is 0.0387. The summed E-state index contributed by atoms with van der Waals surface area (Å²) in [7, 11) is 0. The molecule has 2 heterocycles. The van der Waals surface area contributed by atoms with Crippen LogP contribution in [0.15, 0.2) is 34.7 Å². The molecular formula is C28H40O12. The molecule has 3 aliphatic rings. The molecule has 1 aromatic heterocycles. The Bertz CT molecular complexity index is 1100. The van der Waals surface area contributed by atoms with Gasteiger partial charge in [-0.2, -0.15) is 0 Å². The van der Waals surface area contributed by atoms with Gasteiger partial charge in [0.25, 0.3) is 0 Å². The summed E-state index contributed by atoms with van der Waals surface area (Å²) >= 11 is 0. The van der Waals surface area contributed by atoms with Crippen LogP contribution in [0, 0.1) is 27.6 Å². The highest BCUT2D eigenvalue weighted by Gasteiger charge is 2.82. The van der Waals surface area contributed by atoms with Gasteiger partial charge in [0.2, 0.25) is 0 Å². The maximum atomic E-state index is 12.9. The van der Waals surface area contributed by atoms with Crippen molar-refractivity contribution in [3.8, 4) is 0 Å². The second kappa shape index (κ2) is 11.2. The predicted molar refractivity (Wildman–Crippen MR) is 136 cm³/mol. The van der Waals surface area contributed by atoms with Gasteiger partial charge in [-0.15, -0.1) is 0 Å². The maximum absolute atomic E-state index is 12.9. The molecule has 9 atom stereocenters. The standard InChI is InChI=1S/C28H40O12/c1-3-16(2)23(36)40-21-4-6-26(14-31)27(9-19(39-24(27)37)17-5-7-38-12-17)18(11-29)8-20(33)28(26,15-32)25(21,13-30)10-22(34)35/h3,5,7,12,18-21,24,29-33,37H,4,6,8-11,13-15H2,1-2H3,(H,34,35)/b16-3+/t18-,19-,20+,21+,24+,25+,26-,27-,28+/m0/s1. The zero-order valence-electron chi connectivity index (χ0n) is 22.7. The Labute approximate surface area is 231 Å². The van der Waals surface area contributed by atoms with E-state index in [0.29, 0.717) is 5.56 Å². The summed E-state index contributed by atoms with van der Waals surface area (Å²) in [5, 5.41) is 77.7. The van der Waals surface area contributed by atoms with Crippen molar-refractivity contribution in [3.05, 3.63) is 35.8 Å². The van der Waals surface area contributed by atoms with Crippen LogP contribution >= 0.6 is 0 Å². The van der Waals surface area contributed by atoms with Crippen molar-refractivity contribution in [1.29, 1.82) is 0 Å². The first kappa shape index (κ1) is 30.6. The third-order valence-corrected chi connectivity index (χ3v) is 10.6. The number of hydrogen-bond acceptors (Lipinski definition) is 11. The molecule has 12 heteroatoms. The van der Waals surface area contributed by atoms with E-state index in [9.17, 15) is 45.3 Å². The van der Waals surface area contributed by atoms with E-state index in [0.717, 1.165) is 0 Å². The fourth-order valence-corrected chi connectivity index (χ4v) is 8.57. The zero-order chi connectivity index (χ0) is 29.5. The first-order valence-electron chi connectivity index (χ1n) is 13.5. The third-order valence-electron chi connectivity index (χ3n) is 10.6. The van der Waals surface area contributed by atoms with E-state index < -0.39 is 97.0 Å². The Kier molecular flexibility index (Phi) is 8.55. The summed E-state index contributed by atoms with van der Waals surface area (Å²) in [4.78, 5) is 25.3. The van der Waals surface area contributed by atoms with Crippen LogP contribution in [0.5, 0.6) is 0 Å². The van der Waals surface area contributed by atoms with Crippen molar-refractivity contribution in [2.24, 2.45) is 27.6 Å². The summed E-state index contributed by atoms with van der Waals surface area (Å²) < 4.78 is 17.0. The van der Waals surface area contributed by atoms with Crippen LogP contribution in [0.1, 0.15) is 57.6 Å². The first-order chi connectivity index (χ1) is 19.0. The normalized spacial score (nSPS) is 41.6. The molecule has 1 saturated heterocycles. The van der Waals surface area contributed by atoms with Gasteiger partial charge < -0.3 is 49.6 Å². The molecule has 0 aromatic carbocycles. The van der Waals surface area contributed by atoms with Crippen LogP contribution in [0.3, 0.4) is 0 Å². The number of furan rings is 1. The zero-order valence-corrected chi connectivity index (χ0v) is 22.7. The van der Waals surface area contributed by atoms with Gasteiger partial charge in [-0.25, -0.2) is 4.79 Å². The van der Waals surface area contributed by atoms with Crippen molar-refractivity contribution in [2.45, 2.75) is 70.6 Å². The minimum absolute atomic E-state index is 0.0324. The number of carboxylic acids is 1. The Morgan fingerprint density at radius 3 is 2.40 bits per heavy atom. The topological polar surface area (TPSA) is 207 Å². The SMILES string of the molecule is C/C=C(\C)C(=O)O[C@@H]1CC[C@]2(CO)[C@@]3(C[C@@H](c4ccoc4)O[C@H]3O)[C@H](CO)C[C@@H](O)[C@]2(CO)[C@@]1(CO)CC(=O)O. The van der Waals surface area contributed by atoms with Crippen molar-refractivity contribution >= 4 is 11.9 Å². The average molecular weight is 569 g/mol. The highest BCUT2D eigenvalue weighted by Crippen LogP contribution is 2.77. The lowest BCUT2D eigenvalue weighted by molar-refractivity contribution is -0.359. The molecule has 40 heavy (non-hydrogen) atoms. The van der Waals surface area contributed by atoms with Gasteiger partial charge in [0.15, 0.2) is 6.29 Å². The van der Waals surface area contributed by atoms with Crippen LogP contribution in [0.4, 0.5) is 0 Å². The molecule has 0 bridgehead atoms. The van der Waals surface area contributed by atoms with Gasteiger partial charge in [-0.05, 0) is 51.5 Å². The first-order valence-corrected chi connectivity index (χ1v) is 13.5. The summed E-state index contributed by atoms with van der Waals surface area (Å²) in [6.07, 6.45) is -1.92. The lowest BCUT2D eigenvalue weighted by Crippen LogP contribution is -2.79. The molecule has 0 amide bonds. The Morgan fingerprint density at radius 1 is 1.15 bits per heavy atom. The minimum Gasteiger partial charge on any atom is -0.481 e. The van der Waals surface area contributed by atoms with Gasteiger partial charge in [0.05, 0.1) is 56.4 Å². The van der Waals surface area contributed by atoms with Crippen molar-refractivity contribution in [1.82, 2.24) is 0 Å². The van der Waals surface area contributed by atoms with Gasteiger partial charge >= 0.3 is 11.9 Å². The molecule has 2 aliphatic carbocycles. The van der Waals surface area contributed by atoms with Crippen LogP contribution < -0.4 is 0 Å². The van der Waals surface area contributed by atoms with E-state index in [-0.39, 0.29) is 31.3 Å². The highest BCUT2D eigenvalue weighted by molar-refractivity contribution is 5.87. The quantitative estimate of drug-likeness (QED) is 0.161. The van der Waals surface area contributed by atoms with Gasteiger partial charge in [0, 0.05) is 34.0 Å². The highest BCUT2D eigenvalue weighted by atomic mass is 16.6. The maximum Gasteiger partial charge on any atom is 0.333 e. The summed E-state index contributed by atoms with van der Waals surface area (Å²) in [5.41, 5.74) is -6.36. The second-order valence-electron chi connectivity index (χ2n) is 11.6. The molecule has 7 N–H and O–H groups in total. The number of rotatable bonds is 9. The smallest absolute Gasteiger partial charge is 0.333 e. The minimum atomic E-state index is -2.00. The number of allylic oxidation sites excluding steroid dienone is 1. The third kappa shape index (κ3) is 3.92. The number of aliphatic carboxylic acids is 1. The molecule has 1 aromatic rings. The fourth-order valence-electron chi connectivity index (χ4n) is 8.57. The lowest BCUT2D eigenvalue weighted by atomic mass is 9.31.